The highest BCUT2D eigenvalue weighted by atomic mass is 19.1. The number of methoxy groups -OCH3 is 2. The van der Waals surface area contributed by atoms with Gasteiger partial charge in [-0.25, -0.2) is 9.37 Å². The van der Waals surface area contributed by atoms with Crippen LogP contribution < -0.4 is 9.47 Å². The minimum Gasteiger partial charge on any atom is -0.497 e. The predicted octanol–water partition coefficient (Wildman–Crippen LogP) is 6.16. The molecule has 42 heavy (non-hydrogen) atoms. The van der Waals surface area contributed by atoms with Gasteiger partial charge in [0.2, 0.25) is 0 Å². The lowest BCUT2D eigenvalue weighted by Gasteiger charge is -2.37. The Morgan fingerprint density at radius 3 is 2.10 bits per heavy atom. The molecule has 8 heteroatoms. The van der Waals surface area contributed by atoms with Crippen LogP contribution in [-0.2, 0) is 15.1 Å². The van der Waals surface area contributed by atoms with Gasteiger partial charge in [-0.3, -0.25) is 0 Å². The number of hydrogen-bond donors (Lipinski definition) is 1. The molecule has 1 aromatic heterocycles. The third kappa shape index (κ3) is 5.02. The number of aromatic nitrogens is 2. The van der Waals surface area contributed by atoms with Crippen molar-refractivity contribution in [3.8, 4) is 11.5 Å². The fourth-order valence-electron chi connectivity index (χ4n) is 5.77. The van der Waals surface area contributed by atoms with Gasteiger partial charge in [-0.15, -0.1) is 0 Å². The van der Waals surface area contributed by atoms with Crippen LogP contribution in [0, 0.1) is 12.7 Å². The number of benzene rings is 4. The number of ether oxygens (including phenoxy) is 4. The van der Waals surface area contributed by atoms with E-state index < -0.39 is 24.0 Å². The van der Waals surface area contributed by atoms with Crippen molar-refractivity contribution in [1.29, 1.82) is 0 Å². The molecule has 4 aromatic carbocycles. The molecule has 5 aromatic rings. The van der Waals surface area contributed by atoms with E-state index in [1.54, 1.807) is 25.1 Å². The number of aryl methyl sites for hydroxylation is 1. The van der Waals surface area contributed by atoms with Gasteiger partial charge in [0.25, 0.3) is 0 Å². The quantitative estimate of drug-likeness (QED) is 0.215. The Hall–Kier alpha value is -4.24. The summed E-state index contributed by atoms with van der Waals surface area (Å²) in [5.74, 6) is 1.08. The average Bonchev–Trinajstić information content (AvgIpc) is 3.61. The van der Waals surface area contributed by atoms with Gasteiger partial charge in [0.1, 0.15) is 34.9 Å². The number of halogens is 1. The van der Waals surface area contributed by atoms with E-state index in [2.05, 4.69) is 4.98 Å². The Bertz CT molecular complexity index is 1610. The first-order valence-electron chi connectivity index (χ1n) is 13.9. The van der Waals surface area contributed by atoms with Crippen molar-refractivity contribution in [1.82, 2.24) is 9.55 Å². The molecule has 0 bridgehead atoms. The lowest BCUT2D eigenvalue weighted by Crippen LogP contribution is -2.38. The Labute approximate surface area is 244 Å². The summed E-state index contributed by atoms with van der Waals surface area (Å²) in [4.78, 5) is 4.26. The molecule has 3 atom stereocenters. The highest BCUT2D eigenvalue weighted by Gasteiger charge is 2.42. The van der Waals surface area contributed by atoms with E-state index >= 15 is 0 Å². The molecule has 7 nitrogen and oxygen atoms in total. The fourth-order valence-corrected chi connectivity index (χ4v) is 5.77. The first-order valence-corrected chi connectivity index (χ1v) is 13.9. The van der Waals surface area contributed by atoms with E-state index in [9.17, 15) is 9.50 Å². The third-order valence-electron chi connectivity index (χ3n) is 7.93. The normalized spacial score (nSPS) is 18.8. The summed E-state index contributed by atoms with van der Waals surface area (Å²) in [7, 11) is 3.27. The number of aliphatic hydroxyl groups excluding tert-OH is 1. The summed E-state index contributed by atoms with van der Waals surface area (Å²) in [6.45, 7) is 1.92. The minimum absolute atomic E-state index is 0.0879. The number of fused-ring (bicyclic) bond motifs is 1. The van der Waals surface area contributed by atoms with E-state index in [1.807, 2.05) is 91.9 Å². The molecule has 0 amide bonds. The molecule has 0 saturated carbocycles. The minimum atomic E-state index is -1.04. The first kappa shape index (κ1) is 27.9. The van der Waals surface area contributed by atoms with Crippen LogP contribution in [0.2, 0.25) is 0 Å². The van der Waals surface area contributed by atoms with E-state index in [-0.39, 0.29) is 17.9 Å². The number of hydrogen-bond acceptors (Lipinski definition) is 6. The SMILES string of the molecule is COc1ccc(C(OC[C@H]2O[C@@H](n3cnc4c(F)cc(C)cc43)C[C@@H]2O)(c2ccccc2)c2ccc(OC)cc2)cc1. The molecule has 216 valence electrons. The van der Waals surface area contributed by atoms with Crippen LogP contribution in [0.3, 0.4) is 0 Å². The van der Waals surface area contributed by atoms with E-state index in [0.29, 0.717) is 11.9 Å². The Morgan fingerprint density at radius 2 is 1.50 bits per heavy atom. The van der Waals surface area contributed by atoms with Crippen molar-refractivity contribution in [3.63, 3.8) is 0 Å². The summed E-state index contributed by atoms with van der Waals surface area (Å²) >= 11 is 0. The maximum absolute atomic E-state index is 14.5. The van der Waals surface area contributed by atoms with Gasteiger partial charge in [0.05, 0.1) is 38.8 Å². The molecule has 1 N–H and O–H groups in total. The summed E-state index contributed by atoms with van der Waals surface area (Å²) in [5.41, 5.74) is 3.33. The topological polar surface area (TPSA) is 75.0 Å². The maximum Gasteiger partial charge on any atom is 0.151 e. The van der Waals surface area contributed by atoms with Crippen LogP contribution >= 0.6 is 0 Å². The second-order valence-corrected chi connectivity index (χ2v) is 10.5. The zero-order valence-corrected chi connectivity index (χ0v) is 23.7. The second-order valence-electron chi connectivity index (χ2n) is 10.5. The predicted molar refractivity (Wildman–Crippen MR) is 157 cm³/mol. The summed E-state index contributed by atoms with van der Waals surface area (Å²) in [6, 6.07) is 28.9. The van der Waals surface area contributed by atoms with Gasteiger partial charge in [0.15, 0.2) is 5.82 Å². The zero-order valence-electron chi connectivity index (χ0n) is 23.7. The number of aliphatic hydroxyl groups is 1. The van der Waals surface area contributed by atoms with Crippen LogP contribution in [0.15, 0.2) is 97.3 Å². The smallest absolute Gasteiger partial charge is 0.151 e. The Balaban J connectivity index is 1.37. The molecule has 0 unspecified atom stereocenters. The molecule has 0 radical (unpaired) electrons. The van der Waals surface area contributed by atoms with E-state index in [0.717, 1.165) is 33.8 Å². The van der Waals surface area contributed by atoms with Crippen molar-refractivity contribution in [2.45, 2.75) is 37.4 Å². The van der Waals surface area contributed by atoms with Crippen molar-refractivity contribution < 1.29 is 28.4 Å². The van der Waals surface area contributed by atoms with Gasteiger partial charge in [-0.2, -0.15) is 0 Å². The second kappa shape index (κ2) is 11.6. The number of imidazole rings is 1. The number of nitrogens with zero attached hydrogens (tertiary/aromatic N) is 2. The van der Waals surface area contributed by atoms with Crippen molar-refractivity contribution in [2.24, 2.45) is 0 Å². The van der Waals surface area contributed by atoms with Gasteiger partial charge >= 0.3 is 0 Å². The molecule has 0 aliphatic carbocycles. The lowest BCUT2D eigenvalue weighted by molar-refractivity contribution is -0.0930. The van der Waals surface area contributed by atoms with Crippen LogP contribution in [0.4, 0.5) is 4.39 Å². The molecule has 2 heterocycles. The fraction of sp³-hybridized carbons (Fsp3) is 0.265. The van der Waals surface area contributed by atoms with E-state index in [1.165, 1.54) is 6.07 Å². The summed E-state index contributed by atoms with van der Waals surface area (Å²) in [6.07, 6.45) is -0.0770. The lowest BCUT2D eigenvalue weighted by atomic mass is 9.80. The molecule has 1 aliphatic rings. The molecule has 6 rings (SSSR count). The summed E-state index contributed by atoms with van der Waals surface area (Å²) in [5, 5.41) is 11.1. The van der Waals surface area contributed by atoms with Crippen molar-refractivity contribution >= 4 is 11.0 Å². The highest BCUT2D eigenvalue weighted by Crippen LogP contribution is 2.43. The first-order chi connectivity index (χ1) is 20.4. The van der Waals surface area contributed by atoms with Crippen LogP contribution in [-0.4, -0.2) is 47.7 Å². The molecule has 1 fully saturated rings. The van der Waals surface area contributed by atoms with Crippen molar-refractivity contribution in [3.05, 3.63) is 125 Å². The standard InChI is InChI=1S/C34H33FN2O5/c1-22-17-28(35)33-29(18-22)37(21-36-33)32-19-30(38)31(42-32)20-41-34(23-7-5-4-6-8-23,24-9-13-26(39-2)14-10-24)25-11-15-27(40-3)16-12-25/h4-18,21,30-32,38H,19-20H2,1-3H3/t30-,31+,32+/m0/s1. The average molecular weight is 569 g/mol. The molecule has 0 spiro atoms. The Morgan fingerprint density at radius 1 is 0.905 bits per heavy atom. The van der Waals surface area contributed by atoms with Gasteiger partial charge in [-0.1, -0.05) is 54.6 Å². The summed E-state index contributed by atoms with van der Waals surface area (Å²) < 4.78 is 40.5. The van der Waals surface area contributed by atoms with Crippen LogP contribution in [0.5, 0.6) is 11.5 Å². The van der Waals surface area contributed by atoms with Gasteiger partial charge < -0.3 is 28.6 Å². The molecule has 1 saturated heterocycles. The highest BCUT2D eigenvalue weighted by molar-refractivity contribution is 5.77. The van der Waals surface area contributed by atoms with Crippen molar-refractivity contribution in [2.75, 3.05) is 20.8 Å². The van der Waals surface area contributed by atoms with Crippen LogP contribution in [0.25, 0.3) is 11.0 Å². The maximum atomic E-state index is 14.5. The number of rotatable bonds is 9. The zero-order chi connectivity index (χ0) is 29.3. The Kier molecular flexibility index (Phi) is 7.68. The van der Waals surface area contributed by atoms with E-state index in [4.69, 9.17) is 18.9 Å². The van der Waals surface area contributed by atoms with Gasteiger partial charge in [-0.05, 0) is 65.6 Å². The largest absolute Gasteiger partial charge is 0.497 e. The monoisotopic (exact) mass is 568 g/mol. The van der Waals surface area contributed by atoms with Gasteiger partial charge in [0, 0.05) is 6.42 Å². The molecule has 1 aliphatic heterocycles. The van der Waals surface area contributed by atoms with Crippen LogP contribution in [0.1, 0.15) is 34.9 Å². The molecular formula is C34H33FN2O5. The third-order valence-corrected chi connectivity index (χ3v) is 7.93. The molecular weight excluding hydrogens is 535 g/mol.